The maximum atomic E-state index is 12.8. The summed E-state index contributed by atoms with van der Waals surface area (Å²) in [5, 5.41) is 0.742. The van der Waals surface area contributed by atoms with Crippen LogP contribution in [0, 0.1) is 0 Å². The van der Waals surface area contributed by atoms with E-state index < -0.39 is 0 Å². The molecule has 1 aliphatic heterocycles. The summed E-state index contributed by atoms with van der Waals surface area (Å²) in [7, 11) is 0. The van der Waals surface area contributed by atoms with E-state index in [4.69, 9.17) is 20.8 Å². The number of aromatic nitrogens is 1. The molecule has 1 fully saturated rings. The number of halogens is 1. The summed E-state index contributed by atoms with van der Waals surface area (Å²) in [5.74, 6) is 1.04. The van der Waals surface area contributed by atoms with Gasteiger partial charge in [0.05, 0.1) is 5.56 Å². The van der Waals surface area contributed by atoms with Crippen LogP contribution in [0.5, 0.6) is 5.75 Å². The molecule has 6 nitrogen and oxygen atoms in total. The van der Waals surface area contributed by atoms with Gasteiger partial charge >= 0.3 is 0 Å². The zero-order chi connectivity index (χ0) is 22.6. The van der Waals surface area contributed by atoms with Crippen LogP contribution < -0.4 is 4.74 Å². The van der Waals surface area contributed by atoms with E-state index in [-0.39, 0.29) is 12.5 Å². The standard InChI is InChI=1S/C26H24ClN3O3/c27-20-11-9-19(10-12-20)17-29-13-15-30(16-14-29)25(31)18-32-23-7-3-1-5-21(23)26-28-22-6-2-4-8-24(22)33-26/h1-12H,13-18H2. The number of fused-ring (bicyclic) bond motifs is 1. The molecule has 0 atom stereocenters. The van der Waals surface area contributed by atoms with Gasteiger partial charge in [-0.05, 0) is 42.0 Å². The Kier molecular flexibility index (Phi) is 6.28. The third kappa shape index (κ3) is 5.02. The topological polar surface area (TPSA) is 58.8 Å². The van der Waals surface area contributed by atoms with Gasteiger partial charge in [-0.15, -0.1) is 0 Å². The minimum atomic E-state index is -0.0199. The molecule has 1 aliphatic rings. The second-order valence-corrected chi connectivity index (χ2v) is 8.49. The summed E-state index contributed by atoms with van der Waals surface area (Å²) in [4.78, 5) is 21.5. The van der Waals surface area contributed by atoms with Crippen molar-refractivity contribution in [2.45, 2.75) is 6.54 Å². The highest BCUT2D eigenvalue weighted by atomic mass is 35.5. The van der Waals surface area contributed by atoms with E-state index in [0.29, 0.717) is 24.7 Å². The second-order valence-electron chi connectivity index (χ2n) is 8.05. The number of carbonyl (C=O) groups excluding carboxylic acids is 1. The molecule has 0 bridgehead atoms. The Morgan fingerprint density at radius 3 is 2.45 bits per heavy atom. The molecule has 0 radical (unpaired) electrons. The summed E-state index contributed by atoms with van der Waals surface area (Å²) >= 11 is 5.97. The van der Waals surface area contributed by atoms with E-state index in [1.54, 1.807) is 0 Å². The summed E-state index contributed by atoms with van der Waals surface area (Å²) in [6.07, 6.45) is 0. The van der Waals surface area contributed by atoms with Crippen LogP contribution in [0.4, 0.5) is 0 Å². The van der Waals surface area contributed by atoms with Crippen molar-refractivity contribution in [2.75, 3.05) is 32.8 Å². The Hall–Kier alpha value is -3.35. The summed E-state index contributed by atoms with van der Waals surface area (Å²) in [5.41, 5.74) is 3.46. The van der Waals surface area contributed by atoms with Crippen LogP contribution in [0.25, 0.3) is 22.6 Å². The van der Waals surface area contributed by atoms with Gasteiger partial charge < -0.3 is 14.1 Å². The average molecular weight is 462 g/mol. The molecular formula is C26H24ClN3O3. The maximum absolute atomic E-state index is 12.8. The number of ether oxygens (including phenoxy) is 1. The molecule has 1 aromatic heterocycles. The molecule has 1 amide bonds. The largest absolute Gasteiger partial charge is 0.483 e. The Morgan fingerprint density at radius 2 is 1.67 bits per heavy atom. The van der Waals surface area contributed by atoms with Crippen molar-refractivity contribution in [1.29, 1.82) is 0 Å². The Morgan fingerprint density at radius 1 is 0.939 bits per heavy atom. The first-order chi connectivity index (χ1) is 16.2. The van der Waals surface area contributed by atoms with E-state index >= 15 is 0 Å². The lowest BCUT2D eigenvalue weighted by Gasteiger charge is -2.34. The van der Waals surface area contributed by atoms with Crippen molar-refractivity contribution in [2.24, 2.45) is 0 Å². The monoisotopic (exact) mass is 461 g/mol. The molecule has 168 valence electrons. The summed E-state index contributed by atoms with van der Waals surface area (Å²) < 4.78 is 11.8. The Bertz CT molecular complexity index is 1210. The molecule has 2 heterocycles. The zero-order valence-corrected chi connectivity index (χ0v) is 18.9. The van der Waals surface area contributed by atoms with E-state index in [2.05, 4.69) is 9.88 Å². The van der Waals surface area contributed by atoms with Gasteiger partial charge in [-0.25, -0.2) is 4.98 Å². The first-order valence-corrected chi connectivity index (χ1v) is 11.4. The fourth-order valence-electron chi connectivity index (χ4n) is 3.99. The number of amides is 1. The minimum Gasteiger partial charge on any atom is -0.483 e. The van der Waals surface area contributed by atoms with Gasteiger partial charge in [0.15, 0.2) is 12.2 Å². The lowest BCUT2D eigenvalue weighted by atomic mass is 10.2. The van der Waals surface area contributed by atoms with Crippen LogP contribution in [0.1, 0.15) is 5.56 Å². The van der Waals surface area contributed by atoms with Crippen LogP contribution in [0.2, 0.25) is 5.02 Å². The molecule has 0 aliphatic carbocycles. The molecule has 0 spiro atoms. The maximum Gasteiger partial charge on any atom is 0.260 e. The summed E-state index contributed by atoms with van der Waals surface area (Å²) in [6.45, 7) is 3.86. The number of hydrogen-bond acceptors (Lipinski definition) is 5. The van der Waals surface area contributed by atoms with Gasteiger partial charge in [0, 0.05) is 37.7 Å². The molecular weight excluding hydrogens is 438 g/mol. The minimum absolute atomic E-state index is 0.0194. The Balaban J connectivity index is 1.18. The number of para-hydroxylation sites is 3. The number of nitrogens with zero attached hydrogens (tertiary/aromatic N) is 3. The van der Waals surface area contributed by atoms with E-state index in [1.165, 1.54) is 5.56 Å². The van der Waals surface area contributed by atoms with Crippen LogP contribution in [-0.2, 0) is 11.3 Å². The number of benzene rings is 3. The van der Waals surface area contributed by atoms with Crippen LogP contribution in [0.15, 0.2) is 77.2 Å². The Labute approximate surface area is 197 Å². The lowest BCUT2D eigenvalue weighted by Crippen LogP contribution is -2.49. The summed E-state index contributed by atoms with van der Waals surface area (Å²) in [6, 6.07) is 23.0. The highest BCUT2D eigenvalue weighted by molar-refractivity contribution is 6.30. The fraction of sp³-hybridized carbons (Fsp3) is 0.231. The van der Waals surface area contributed by atoms with Crippen LogP contribution in [-0.4, -0.2) is 53.5 Å². The van der Waals surface area contributed by atoms with Crippen molar-refractivity contribution in [3.05, 3.63) is 83.4 Å². The fourth-order valence-corrected chi connectivity index (χ4v) is 4.12. The van der Waals surface area contributed by atoms with Crippen molar-refractivity contribution in [1.82, 2.24) is 14.8 Å². The average Bonchev–Trinajstić information content (AvgIpc) is 3.29. The SMILES string of the molecule is O=C(COc1ccccc1-c1nc2ccccc2o1)N1CCN(Cc2ccc(Cl)cc2)CC1. The molecule has 1 saturated heterocycles. The number of carbonyl (C=O) groups is 1. The van der Waals surface area contributed by atoms with E-state index in [0.717, 1.165) is 41.3 Å². The highest BCUT2D eigenvalue weighted by Gasteiger charge is 2.22. The quantitative estimate of drug-likeness (QED) is 0.410. The van der Waals surface area contributed by atoms with Gasteiger partial charge in [-0.1, -0.05) is 48.0 Å². The third-order valence-electron chi connectivity index (χ3n) is 5.81. The van der Waals surface area contributed by atoms with Gasteiger partial charge in [0.25, 0.3) is 5.91 Å². The number of hydrogen-bond donors (Lipinski definition) is 0. The molecule has 0 saturated carbocycles. The molecule has 0 unspecified atom stereocenters. The normalized spacial score (nSPS) is 14.5. The van der Waals surface area contributed by atoms with Crippen molar-refractivity contribution < 1.29 is 13.9 Å². The lowest BCUT2D eigenvalue weighted by molar-refractivity contribution is -0.135. The molecule has 33 heavy (non-hydrogen) atoms. The van der Waals surface area contributed by atoms with E-state index in [9.17, 15) is 4.79 Å². The van der Waals surface area contributed by atoms with Crippen LogP contribution >= 0.6 is 11.6 Å². The van der Waals surface area contributed by atoms with Crippen molar-refractivity contribution >= 4 is 28.6 Å². The van der Waals surface area contributed by atoms with E-state index in [1.807, 2.05) is 77.7 Å². The molecule has 0 N–H and O–H groups in total. The first-order valence-electron chi connectivity index (χ1n) is 11.0. The smallest absolute Gasteiger partial charge is 0.260 e. The van der Waals surface area contributed by atoms with Crippen molar-refractivity contribution in [3.63, 3.8) is 0 Å². The van der Waals surface area contributed by atoms with Gasteiger partial charge in [-0.3, -0.25) is 9.69 Å². The predicted octanol–water partition coefficient (Wildman–Crippen LogP) is 4.87. The number of rotatable bonds is 6. The third-order valence-corrected chi connectivity index (χ3v) is 6.06. The zero-order valence-electron chi connectivity index (χ0n) is 18.1. The number of oxazole rings is 1. The second kappa shape index (κ2) is 9.65. The molecule has 3 aromatic carbocycles. The molecule has 4 aromatic rings. The number of piperazine rings is 1. The predicted molar refractivity (Wildman–Crippen MR) is 128 cm³/mol. The van der Waals surface area contributed by atoms with Crippen molar-refractivity contribution in [3.8, 4) is 17.2 Å². The van der Waals surface area contributed by atoms with Gasteiger partial charge in [0.1, 0.15) is 11.3 Å². The van der Waals surface area contributed by atoms with Gasteiger partial charge in [0.2, 0.25) is 5.89 Å². The van der Waals surface area contributed by atoms with Crippen LogP contribution in [0.3, 0.4) is 0 Å². The molecule has 7 heteroatoms. The highest BCUT2D eigenvalue weighted by Crippen LogP contribution is 2.31. The first kappa shape index (κ1) is 21.5. The molecule has 5 rings (SSSR count). The van der Waals surface area contributed by atoms with Gasteiger partial charge in [-0.2, -0.15) is 0 Å².